The van der Waals surface area contributed by atoms with Crippen molar-refractivity contribution in [2.45, 2.75) is 18.8 Å². The molecule has 3 heteroatoms. The quantitative estimate of drug-likeness (QED) is 0.534. The van der Waals surface area contributed by atoms with E-state index in [0.29, 0.717) is 5.92 Å². The average Bonchev–Trinajstić information content (AvgIpc) is 2.49. The molecule has 2 rings (SSSR count). The van der Waals surface area contributed by atoms with Gasteiger partial charge in [-0.15, -0.1) is 10.2 Å². The van der Waals surface area contributed by atoms with E-state index in [-0.39, 0.29) is 0 Å². The van der Waals surface area contributed by atoms with Crippen LogP contribution in [0.25, 0.3) is 0 Å². The lowest BCUT2D eigenvalue weighted by Gasteiger charge is -1.77. The minimum absolute atomic E-state index is 0.564. The molecule has 0 saturated heterocycles. The molecule has 0 amide bonds. The van der Waals surface area contributed by atoms with Gasteiger partial charge in [-0.3, -0.25) is 0 Å². The summed E-state index contributed by atoms with van der Waals surface area (Å²) >= 11 is 0. The van der Waals surface area contributed by atoms with E-state index in [4.69, 9.17) is 4.42 Å². The summed E-state index contributed by atoms with van der Waals surface area (Å²) in [6.45, 7) is 0. The Kier molecular flexibility index (Phi) is 0.664. The van der Waals surface area contributed by atoms with E-state index < -0.39 is 0 Å². The van der Waals surface area contributed by atoms with E-state index in [1.54, 1.807) is 0 Å². The van der Waals surface area contributed by atoms with Gasteiger partial charge in [-0.05, 0) is 12.8 Å². The molecule has 1 fully saturated rings. The van der Waals surface area contributed by atoms with Gasteiger partial charge < -0.3 is 4.42 Å². The predicted octanol–water partition coefficient (Wildman–Crippen LogP) is 0.747. The van der Waals surface area contributed by atoms with Gasteiger partial charge in [-0.1, -0.05) is 0 Å². The molecule has 1 aliphatic rings. The van der Waals surface area contributed by atoms with Crippen molar-refractivity contribution in [3.8, 4) is 0 Å². The van der Waals surface area contributed by atoms with E-state index >= 15 is 0 Å². The summed E-state index contributed by atoms with van der Waals surface area (Å²) in [6, 6.07) is 0. The van der Waals surface area contributed by atoms with Crippen LogP contribution in [0.2, 0.25) is 0 Å². The van der Waals surface area contributed by atoms with Gasteiger partial charge in [0.1, 0.15) is 0 Å². The van der Waals surface area contributed by atoms with Crippen molar-refractivity contribution in [1.82, 2.24) is 10.2 Å². The van der Waals surface area contributed by atoms with Gasteiger partial charge in [0.2, 0.25) is 5.89 Å². The largest absolute Gasteiger partial charge is 0.417 e. The minimum Gasteiger partial charge on any atom is -0.417 e. The second-order valence-electron chi connectivity index (χ2n) is 2.01. The molecular formula is C5H5N2O. The van der Waals surface area contributed by atoms with E-state index in [1.807, 2.05) is 0 Å². The van der Waals surface area contributed by atoms with E-state index in [0.717, 1.165) is 5.89 Å². The zero-order valence-electron chi connectivity index (χ0n) is 4.29. The summed E-state index contributed by atoms with van der Waals surface area (Å²) in [7, 11) is 0. The fourth-order valence-electron chi connectivity index (χ4n) is 0.653. The maximum absolute atomic E-state index is 4.81. The van der Waals surface area contributed by atoms with Crippen molar-refractivity contribution in [1.29, 1.82) is 0 Å². The summed E-state index contributed by atoms with van der Waals surface area (Å²) in [5.41, 5.74) is 0. The second-order valence-corrected chi connectivity index (χ2v) is 2.01. The lowest BCUT2D eigenvalue weighted by Crippen LogP contribution is -1.75. The fraction of sp³-hybridized carbons (Fsp3) is 0.600. The van der Waals surface area contributed by atoms with Gasteiger partial charge in [-0.25, -0.2) is 0 Å². The first-order valence-electron chi connectivity index (χ1n) is 2.66. The van der Waals surface area contributed by atoms with Crippen LogP contribution in [0.15, 0.2) is 4.42 Å². The highest BCUT2D eigenvalue weighted by Crippen LogP contribution is 2.38. The maximum Gasteiger partial charge on any atom is 0.305 e. The Bertz CT molecular complexity index is 167. The van der Waals surface area contributed by atoms with Crippen molar-refractivity contribution < 1.29 is 4.42 Å². The number of rotatable bonds is 1. The second kappa shape index (κ2) is 1.31. The lowest BCUT2D eigenvalue weighted by molar-refractivity contribution is 0.488. The molecular weight excluding hydrogens is 104 g/mol. The summed E-state index contributed by atoms with van der Waals surface area (Å²) in [5, 5.41) is 7.15. The first-order valence-corrected chi connectivity index (χ1v) is 2.66. The Morgan fingerprint density at radius 1 is 1.62 bits per heavy atom. The molecule has 0 aromatic carbocycles. The van der Waals surface area contributed by atoms with E-state index in [9.17, 15) is 0 Å². The summed E-state index contributed by atoms with van der Waals surface area (Å²) < 4.78 is 4.81. The lowest BCUT2D eigenvalue weighted by atomic mass is 10.4. The highest BCUT2D eigenvalue weighted by Gasteiger charge is 2.28. The van der Waals surface area contributed by atoms with Crippen LogP contribution >= 0.6 is 0 Å². The van der Waals surface area contributed by atoms with Crippen molar-refractivity contribution >= 4 is 0 Å². The molecule has 0 unspecified atom stereocenters. The Hall–Kier alpha value is -0.860. The third-order valence-corrected chi connectivity index (χ3v) is 1.27. The molecule has 1 aliphatic carbocycles. The van der Waals surface area contributed by atoms with Gasteiger partial charge in [0.15, 0.2) is 0 Å². The molecule has 1 saturated carbocycles. The number of hydrogen-bond donors (Lipinski definition) is 0. The Balaban J connectivity index is 2.28. The van der Waals surface area contributed by atoms with E-state index in [1.165, 1.54) is 12.8 Å². The molecule has 0 N–H and O–H groups in total. The van der Waals surface area contributed by atoms with Crippen LogP contribution in [0.3, 0.4) is 0 Å². The van der Waals surface area contributed by atoms with Gasteiger partial charge >= 0.3 is 6.39 Å². The Morgan fingerprint density at radius 3 is 3.00 bits per heavy atom. The van der Waals surface area contributed by atoms with Crippen LogP contribution in [-0.4, -0.2) is 10.2 Å². The molecule has 0 aliphatic heterocycles. The number of aromatic nitrogens is 2. The first kappa shape index (κ1) is 4.06. The molecule has 1 heterocycles. The van der Waals surface area contributed by atoms with Crippen molar-refractivity contribution in [2.24, 2.45) is 0 Å². The number of nitrogens with zero attached hydrogens (tertiary/aromatic N) is 2. The number of hydrogen-bond acceptors (Lipinski definition) is 3. The molecule has 8 heavy (non-hydrogen) atoms. The van der Waals surface area contributed by atoms with Crippen LogP contribution in [0.4, 0.5) is 0 Å². The van der Waals surface area contributed by atoms with Crippen molar-refractivity contribution in [3.63, 3.8) is 0 Å². The summed E-state index contributed by atoms with van der Waals surface area (Å²) in [4.78, 5) is 0. The zero-order valence-corrected chi connectivity index (χ0v) is 4.29. The maximum atomic E-state index is 4.81. The minimum atomic E-state index is 0.564. The van der Waals surface area contributed by atoms with E-state index in [2.05, 4.69) is 16.6 Å². The highest BCUT2D eigenvalue weighted by molar-refractivity contribution is 4.97. The summed E-state index contributed by atoms with van der Waals surface area (Å²) in [5.74, 6) is 1.32. The predicted molar refractivity (Wildman–Crippen MR) is 25.1 cm³/mol. The smallest absolute Gasteiger partial charge is 0.305 e. The van der Waals surface area contributed by atoms with Gasteiger partial charge in [0, 0.05) is 5.92 Å². The molecule has 41 valence electrons. The molecule has 0 bridgehead atoms. The third-order valence-electron chi connectivity index (χ3n) is 1.27. The molecule has 3 nitrogen and oxygen atoms in total. The van der Waals surface area contributed by atoms with Crippen molar-refractivity contribution in [3.05, 3.63) is 12.3 Å². The van der Waals surface area contributed by atoms with Crippen LogP contribution in [-0.2, 0) is 0 Å². The normalized spacial score (nSPS) is 19.0. The molecule has 1 aromatic heterocycles. The Morgan fingerprint density at radius 2 is 2.50 bits per heavy atom. The van der Waals surface area contributed by atoms with Crippen LogP contribution < -0.4 is 0 Å². The monoisotopic (exact) mass is 109 g/mol. The van der Waals surface area contributed by atoms with Crippen LogP contribution in [0.5, 0.6) is 0 Å². The molecule has 0 spiro atoms. The molecule has 0 atom stereocenters. The van der Waals surface area contributed by atoms with Crippen LogP contribution in [0.1, 0.15) is 24.7 Å². The van der Waals surface area contributed by atoms with Crippen LogP contribution in [0, 0.1) is 6.39 Å². The Labute approximate surface area is 46.7 Å². The fourth-order valence-corrected chi connectivity index (χ4v) is 0.653. The topological polar surface area (TPSA) is 38.9 Å². The first-order chi connectivity index (χ1) is 3.97. The SMILES string of the molecule is [c]1nnc(C2CC2)o1. The standard InChI is InChI=1S/C5H5N2O/c1-2-4(1)5-7-6-3-8-5/h4H,1-2H2. The highest BCUT2D eigenvalue weighted by atomic mass is 16.4. The average molecular weight is 109 g/mol. The summed E-state index contributed by atoms with van der Waals surface area (Å²) in [6.07, 6.45) is 4.72. The van der Waals surface area contributed by atoms with Crippen molar-refractivity contribution in [2.75, 3.05) is 0 Å². The zero-order chi connectivity index (χ0) is 5.40. The van der Waals surface area contributed by atoms with Gasteiger partial charge in [0.05, 0.1) is 0 Å². The molecule has 1 aromatic rings. The molecule has 1 radical (unpaired) electrons. The van der Waals surface area contributed by atoms with Gasteiger partial charge in [-0.2, -0.15) is 0 Å². The third kappa shape index (κ3) is 0.510. The van der Waals surface area contributed by atoms with Gasteiger partial charge in [0.25, 0.3) is 0 Å².